The van der Waals surface area contributed by atoms with E-state index in [1.54, 1.807) is 0 Å². The number of halogens is 6. The molecule has 0 saturated carbocycles. The zero-order valence-electron chi connectivity index (χ0n) is 19.2. The zero-order valence-corrected chi connectivity index (χ0v) is 19.2. The van der Waals surface area contributed by atoms with Crippen molar-refractivity contribution in [2.24, 2.45) is 0 Å². The Labute approximate surface area is 209 Å². The fraction of sp³-hybridized carbons (Fsp3) is 0.261. The average Bonchev–Trinajstić information content (AvgIpc) is 3.21. The number of aromatic nitrogens is 1. The van der Waals surface area contributed by atoms with E-state index in [2.05, 4.69) is 16.0 Å². The van der Waals surface area contributed by atoms with Crippen LogP contribution in [0, 0.1) is 0 Å². The van der Waals surface area contributed by atoms with Crippen molar-refractivity contribution in [2.45, 2.75) is 37.3 Å². The van der Waals surface area contributed by atoms with Crippen LogP contribution in [0.1, 0.15) is 16.7 Å². The van der Waals surface area contributed by atoms with Crippen molar-refractivity contribution in [1.29, 1.82) is 0 Å². The molecule has 0 aliphatic rings. The quantitative estimate of drug-likeness (QED) is 0.277. The number of nitrogens with one attached hydrogen (secondary N) is 2. The van der Waals surface area contributed by atoms with Crippen molar-refractivity contribution >= 4 is 28.7 Å². The standard InChI is InChI=1S/C21H20F3N3O4.C2HF3O2/c22-21(23,24)14-2-1-3-16-18(14)12(10-26-16)9-15(25)19(29)27-17(20(30)31)8-11-4-6-13(28)7-5-11;3-2(4,5)1(6)7/h1-7,10,15,17,26,28H,8-9,25H2,(H,27,29)(H,30,31);(H,6,7)/t15-,17-;/m0./s1. The topological polar surface area (TPSA) is 170 Å². The summed E-state index contributed by atoms with van der Waals surface area (Å²) < 4.78 is 71.7. The largest absolute Gasteiger partial charge is 0.542 e. The minimum atomic E-state index is -5.19. The van der Waals surface area contributed by atoms with Crippen molar-refractivity contribution in [3.8, 4) is 5.75 Å². The molecule has 0 aliphatic heterocycles. The van der Waals surface area contributed by atoms with Crippen LogP contribution in [-0.2, 0) is 33.4 Å². The number of phenols is 1. The van der Waals surface area contributed by atoms with Crippen LogP contribution in [0.4, 0.5) is 26.3 Å². The van der Waals surface area contributed by atoms with Crippen molar-refractivity contribution in [3.05, 3.63) is 65.4 Å². The van der Waals surface area contributed by atoms with Gasteiger partial charge in [-0.05, 0) is 35.4 Å². The fourth-order valence-electron chi connectivity index (χ4n) is 3.37. The van der Waals surface area contributed by atoms with Gasteiger partial charge < -0.3 is 36.1 Å². The van der Waals surface area contributed by atoms with Crippen LogP contribution in [0.25, 0.3) is 10.9 Å². The van der Waals surface area contributed by atoms with E-state index < -0.39 is 47.8 Å². The normalized spacial score (nSPS) is 13.2. The highest BCUT2D eigenvalue weighted by Gasteiger charge is 2.34. The van der Waals surface area contributed by atoms with E-state index in [9.17, 15) is 46.1 Å². The molecule has 0 aliphatic carbocycles. The molecule has 1 heterocycles. The number of hydrogen-bond acceptors (Lipinski definition) is 5. The van der Waals surface area contributed by atoms with Crippen LogP contribution < -0.4 is 16.2 Å². The Morgan fingerprint density at radius 2 is 1.58 bits per heavy atom. The number of carbonyl (C=O) groups is 3. The van der Waals surface area contributed by atoms with E-state index in [-0.39, 0.29) is 35.1 Å². The van der Waals surface area contributed by atoms with Crippen LogP contribution in [-0.4, -0.2) is 51.3 Å². The highest BCUT2D eigenvalue weighted by atomic mass is 19.4. The number of aromatic hydroxyl groups is 1. The molecule has 3 rings (SSSR count). The summed E-state index contributed by atoms with van der Waals surface area (Å²) in [6.07, 6.45) is -8.49. The van der Waals surface area contributed by atoms with Crippen LogP contribution >= 0.6 is 0 Å². The number of carboxylic acids is 2. The van der Waals surface area contributed by atoms with Gasteiger partial charge in [-0.25, -0.2) is 4.79 Å². The Morgan fingerprint density at radius 3 is 2.08 bits per heavy atom. The molecular formula is C23H21F6N3O6. The number of fused-ring (bicyclic) bond motifs is 1. The minimum absolute atomic E-state index is 0.0226. The van der Waals surface area contributed by atoms with E-state index in [0.717, 1.165) is 6.07 Å². The van der Waals surface area contributed by atoms with Gasteiger partial charge in [0, 0.05) is 29.9 Å². The number of carbonyl (C=O) groups excluding carboxylic acids is 2. The second-order valence-corrected chi connectivity index (χ2v) is 8.00. The summed E-state index contributed by atoms with van der Waals surface area (Å²) in [5.74, 6) is -4.94. The Kier molecular flexibility index (Phi) is 9.34. The molecule has 38 heavy (non-hydrogen) atoms. The van der Waals surface area contributed by atoms with Gasteiger partial charge in [-0.1, -0.05) is 18.2 Å². The number of aromatic amines is 1. The van der Waals surface area contributed by atoms with Gasteiger partial charge in [0.1, 0.15) is 17.8 Å². The van der Waals surface area contributed by atoms with Crippen LogP contribution in [0.5, 0.6) is 5.75 Å². The summed E-state index contributed by atoms with van der Waals surface area (Å²) in [6.45, 7) is 0. The predicted octanol–water partition coefficient (Wildman–Crippen LogP) is 1.16. The Balaban J connectivity index is 0.000000638. The van der Waals surface area contributed by atoms with E-state index in [0.29, 0.717) is 5.56 Å². The van der Waals surface area contributed by atoms with Crippen molar-refractivity contribution in [2.75, 3.05) is 0 Å². The summed E-state index contributed by atoms with van der Waals surface area (Å²) in [7, 11) is 0. The van der Waals surface area contributed by atoms with E-state index in [4.69, 9.17) is 9.90 Å². The molecule has 0 unspecified atom stereocenters. The molecule has 0 bridgehead atoms. The molecule has 0 radical (unpaired) electrons. The minimum Gasteiger partial charge on any atom is -0.542 e. The number of hydrogen-bond donors (Lipinski definition) is 5. The average molecular weight is 549 g/mol. The molecule has 0 saturated heterocycles. The second kappa shape index (κ2) is 11.9. The van der Waals surface area contributed by atoms with Crippen molar-refractivity contribution in [3.63, 3.8) is 0 Å². The lowest BCUT2D eigenvalue weighted by Crippen LogP contribution is -2.69. The van der Waals surface area contributed by atoms with Gasteiger partial charge >= 0.3 is 18.3 Å². The van der Waals surface area contributed by atoms with Gasteiger partial charge in [-0.2, -0.15) is 26.3 Å². The number of H-pyrrole nitrogens is 1. The molecule has 206 valence electrons. The first-order valence-electron chi connectivity index (χ1n) is 10.6. The molecule has 2 atom stereocenters. The van der Waals surface area contributed by atoms with Gasteiger partial charge in [0.05, 0.1) is 5.56 Å². The number of phenolic OH excluding ortho intramolecular Hbond substituents is 1. The van der Waals surface area contributed by atoms with Crippen molar-refractivity contribution in [1.82, 2.24) is 10.3 Å². The highest BCUT2D eigenvalue weighted by molar-refractivity contribution is 5.89. The summed E-state index contributed by atoms with van der Waals surface area (Å²) >= 11 is 0. The number of quaternary nitrogens is 1. The van der Waals surface area contributed by atoms with Gasteiger partial charge in [0.15, 0.2) is 6.04 Å². The van der Waals surface area contributed by atoms with Gasteiger partial charge in [-0.15, -0.1) is 0 Å². The number of carboxylic acid groups (broad SMARTS) is 2. The lowest BCUT2D eigenvalue weighted by Gasteiger charge is -2.17. The molecule has 2 aromatic carbocycles. The Hall–Kier alpha value is -4.27. The lowest BCUT2D eigenvalue weighted by atomic mass is 10.00. The molecule has 7 N–H and O–H groups in total. The molecule has 0 spiro atoms. The van der Waals surface area contributed by atoms with Crippen LogP contribution in [0.15, 0.2) is 48.7 Å². The third-order valence-corrected chi connectivity index (χ3v) is 5.15. The maximum absolute atomic E-state index is 13.4. The summed E-state index contributed by atoms with van der Waals surface area (Å²) in [4.78, 5) is 35.7. The third kappa shape index (κ3) is 8.12. The molecular weight excluding hydrogens is 528 g/mol. The molecule has 9 nitrogen and oxygen atoms in total. The van der Waals surface area contributed by atoms with E-state index in [1.165, 1.54) is 42.6 Å². The number of rotatable bonds is 7. The van der Waals surface area contributed by atoms with E-state index >= 15 is 0 Å². The maximum atomic E-state index is 13.4. The molecule has 0 fully saturated rings. The molecule has 15 heteroatoms. The molecule has 1 amide bonds. The number of aliphatic carboxylic acids is 2. The molecule has 1 aromatic heterocycles. The first-order chi connectivity index (χ1) is 17.5. The van der Waals surface area contributed by atoms with Crippen LogP contribution in [0.3, 0.4) is 0 Å². The van der Waals surface area contributed by atoms with Crippen LogP contribution in [0.2, 0.25) is 0 Å². The summed E-state index contributed by atoms with van der Waals surface area (Å²) in [5, 5.41) is 29.9. The highest BCUT2D eigenvalue weighted by Crippen LogP contribution is 2.36. The summed E-state index contributed by atoms with van der Waals surface area (Å²) in [6, 6.07) is 7.36. The summed E-state index contributed by atoms with van der Waals surface area (Å²) in [5.41, 5.74) is 4.03. The first-order valence-corrected chi connectivity index (χ1v) is 10.6. The fourth-order valence-corrected chi connectivity index (χ4v) is 3.37. The Morgan fingerprint density at radius 1 is 1.00 bits per heavy atom. The van der Waals surface area contributed by atoms with Gasteiger partial charge in [-0.3, -0.25) is 4.79 Å². The van der Waals surface area contributed by atoms with Gasteiger partial charge in [0.25, 0.3) is 5.91 Å². The SMILES string of the molecule is O=C([O-])C(F)(F)F.[NH3+][C@@H](Cc1c[nH]c2cccc(C(F)(F)F)c12)C(=O)N[C@@H](Cc1ccc(O)cc1)C(=O)O. The van der Waals surface area contributed by atoms with Gasteiger partial charge in [0.2, 0.25) is 0 Å². The Bertz CT molecular complexity index is 1290. The smallest absolute Gasteiger partial charge is 0.430 e. The molecule has 3 aromatic rings. The van der Waals surface area contributed by atoms with E-state index in [1.807, 2.05) is 0 Å². The number of amides is 1. The lowest BCUT2D eigenvalue weighted by molar-refractivity contribution is -0.403. The monoisotopic (exact) mass is 549 g/mol. The maximum Gasteiger partial charge on any atom is 0.430 e. The predicted molar refractivity (Wildman–Crippen MR) is 116 cm³/mol. The third-order valence-electron chi connectivity index (χ3n) is 5.15. The zero-order chi connectivity index (χ0) is 28.8. The second-order valence-electron chi connectivity index (χ2n) is 8.00. The van der Waals surface area contributed by atoms with Crippen molar-refractivity contribution < 1.29 is 61.8 Å². The first kappa shape index (κ1) is 30.0. The number of alkyl halides is 6. The number of benzene rings is 2.